The van der Waals surface area contributed by atoms with E-state index in [0.29, 0.717) is 25.9 Å². The average Bonchev–Trinajstić information content (AvgIpc) is 2.79. The van der Waals surface area contributed by atoms with Crippen LogP contribution in [0.5, 0.6) is 0 Å². The minimum Gasteiger partial charge on any atom is -0.282 e. The van der Waals surface area contributed by atoms with Crippen molar-refractivity contribution < 1.29 is 8.42 Å². The fourth-order valence-electron chi connectivity index (χ4n) is 2.76. The predicted octanol–water partition coefficient (Wildman–Crippen LogP) is 1.28. The molecule has 2 aromatic rings. The molecule has 1 N–H and O–H groups in total. The van der Waals surface area contributed by atoms with E-state index in [1.165, 1.54) is 8.61 Å². The molecular formula is C15H20N4O2S. The topological polar surface area (TPSA) is 69.3 Å². The largest absolute Gasteiger partial charge is 0.282 e. The minimum atomic E-state index is -3.36. The average molecular weight is 320 g/mol. The van der Waals surface area contributed by atoms with Crippen LogP contribution in [0.25, 0.3) is 11.3 Å². The van der Waals surface area contributed by atoms with Crippen molar-refractivity contribution >= 4 is 10.2 Å². The molecule has 0 aliphatic carbocycles. The van der Waals surface area contributed by atoms with E-state index >= 15 is 0 Å². The quantitative estimate of drug-likeness (QED) is 0.926. The molecule has 0 fully saturated rings. The lowest BCUT2D eigenvalue weighted by atomic mass is 10.0. The Balaban J connectivity index is 1.89. The monoisotopic (exact) mass is 320 g/mol. The van der Waals surface area contributed by atoms with Crippen LogP contribution in [0.15, 0.2) is 30.3 Å². The zero-order valence-electron chi connectivity index (χ0n) is 12.8. The van der Waals surface area contributed by atoms with Gasteiger partial charge in [0.05, 0.1) is 5.69 Å². The maximum Gasteiger partial charge on any atom is 0.281 e. The van der Waals surface area contributed by atoms with Crippen LogP contribution >= 0.6 is 0 Å². The van der Waals surface area contributed by atoms with E-state index in [1.807, 2.05) is 30.3 Å². The van der Waals surface area contributed by atoms with Gasteiger partial charge in [-0.25, -0.2) is 0 Å². The normalized spacial score (nSPS) is 16.5. The molecule has 1 aliphatic rings. The number of hydrogen-bond donors (Lipinski definition) is 1. The number of hydrogen-bond acceptors (Lipinski definition) is 3. The highest BCUT2D eigenvalue weighted by atomic mass is 32.2. The second-order valence-electron chi connectivity index (χ2n) is 5.58. The van der Waals surface area contributed by atoms with Gasteiger partial charge in [-0.05, 0) is 6.42 Å². The predicted molar refractivity (Wildman–Crippen MR) is 85.6 cm³/mol. The summed E-state index contributed by atoms with van der Waals surface area (Å²) in [5, 5.41) is 7.51. The third kappa shape index (κ3) is 2.67. The number of aromatic amines is 1. The highest BCUT2D eigenvalue weighted by molar-refractivity contribution is 7.86. The summed E-state index contributed by atoms with van der Waals surface area (Å²) in [7, 11) is -0.232. The number of H-pyrrole nitrogens is 1. The molecular weight excluding hydrogens is 300 g/mol. The second-order valence-corrected chi connectivity index (χ2v) is 7.73. The van der Waals surface area contributed by atoms with Crippen LogP contribution in [0.3, 0.4) is 0 Å². The summed E-state index contributed by atoms with van der Waals surface area (Å²) >= 11 is 0. The SMILES string of the molecule is CN(C)S(=O)(=O)N1CCc2[nH]nc(-c3ccccc3)c2CC1. The highest BCUT2D eigenvalue weighted by Crippen LogP contribution is 2.27. The Morgan fingerprint density at radius 1 is 1.14 bits per heavy atom. The maximum absolute atomic E-state index is 12.3. The van der Waals surface area contributed by atoms with Crippen LogP contribution in [-0.4, -0.2) is 54.4 Å². The molecule has 0 bridgehead atoms. The number of benzene rings is 1. The van der Waals surface area contributed by atoms with Crippen LogP contribution in [0.2, 0.25) is 0 Å². The summed E-state index contributed by atoms with van der Waals surface area (Å²) in [6.07, 6.45) is 1.32. The molecule has 22 heavy (non-hydrogen) atoms. The van der Waals surface area contributed by atoms with Crippen LogP contribution in [0, 0.1) is 0 Å². The summed E-state index contributed by atoms with van der Waals surface area (Å²) in [5.74, 6) is 0. The fourth-order valence-corrected chi connectivity index (χ4v) is 3.86. The van der Waals surface area contributed by atoms with Crippen molar-refractivity contribution in [2.75, 3.05) is 27.2 Å². The van der Waals surface area contributed by atoms with Crippen molar-refractivity contribution in [2.45, 2.75) is 12.8 Å². The first-order chi connectivity index (χ1) is 10.5. The van der Waals surface area contributed by atoms with E-state index in [-0.39, 0.29) is 0 Å². The lowest BCUT2D eigenvalue weighted by Crippen LogP contribution is -2.41. The third-order valence-corrected chi connectivity index (χ3v) is 5.95. The highest BCUT2D eigenvalue weighted by Gasteiger charge is 2.28. The van der Waals surface area contributed by atoms with Gasteiger partial charge in [-0.2, -0.15) is 22.1 Å². The zero-order chi connectivity index (χ0) is 15.7. The number of nitrogens with one attached hydrogen (secondary N) is 1. The van der Waals surface area contributed by atoms with E-state index in [0.717, 1.165) is 22.5 Å². The van der Waals surface area contributed by atoms with Gasteiger partial charge in [-0.15, -0.1) is 0 Å². The van der Waals surface area contributed by atoms with Crippen molar-refractivity contribution in [3.05, 3.63) is 41.6 Å². The van der Waals surface area contributed by atoms with Gasteiger partial charge in [0.2, 0.25) is 0 Å². The molecule has 0 spiro atoms. The maximum atomic E-state index is 12.3. The molecule has 6 nitrogen and oxygen atoms in total. The molecule has 118 valence electrons. The van der Waals surface area contributed by atoms with Gasteiger partial charge in [0, 0.05) is 50.4 Å². The summed E-state index contributed by atoms with van der Waals surface area (Å²) < 4.78 is 27.4. The number of aromatic nitrogens is 2. The zero-order valence-corrected chi connectivity index (χ0v) is 13.6. The van der Waals surface area contributed by atoms with Gasteiger partial charge in [0.15, 0.2) is 0 Å². The van der Waals surface area contributed by atoms with E-state index in [4.69, 9.17) is 0 Å². The van der Waals surface area contributed by atoms with E-state index in [9.17, 15) is 8.42 Å². The van der Waals surface area contributed by atoms with Gasteiger partial charge >= 0.3 is 0 Å². The Bertz CT molecular complexity index is 753. The van der Waals surface area contributed by atoms with Gasteiger partial charge in [-0.1, -0.05) is 30.3 Å². The lowest BCUT2D eigenvalue weighted by molar-refractivity contribution is 0.385. The summed E-state index contributed by atoms with van der Waals surface area (Å²) in [6.45, 7) is 0.955. The Kier molecular flexibility index (Phi) is 4.03. The fraction of sp³-hybridized carbons (Fsp3) is 0.400. The first-order valence-electron chi connectivity index (χ1n) is 7.29. The molecule has 0 saturated heterocycles. The number of rotatable bonds is 3. The smallest absolute Gasteiger partial charge is 0.281 e. The third-order valence-electron chi connectivity index (χ3n) is 4.01. The molecule has 0 saturated carbocycles. The van der Waals surface area contributed by atoms with Crippen LogP contribution in [0.1, 0.15) is 11.3 Å². The Labute approximate surface area is 130 Å². The number of fused-ring (bicyclic) bond motifs is 1. The molecule has 0 unspecified atom stereocenters. The molecule has 3 rings (SSSR count). The standard InChI is InChI=1S/C15H20N4O2S/c1-18(2)22(20,21)19-10-8-13-14(9-11-19)16-17-15(13)12-6-4-3-5-7-12/h3-7H,8-11H2,1-2H3,(H,16,17). The van der Waals surface area contributed by atoms with Crippen molar-refractivity contribution in [2.24, 2.45) is 0 Å². The lowest BCUT2D eigenvalue weighted by Gasteiger charge is -2.23. The molecule has 7 heteroatoms. The summed E-state index contributed by atoms with van der Waals surface area (Å²) in [4.78, 5) is 0. The molecule has 0 amide bonds. The minimum absolute atomic E-state index is 0.476. The van der Waals surface area contributed by atoms with Gasteiger partial charge < -0.3 is 0 Å². The molecule has 1 aliphatic heterocycles. The Morgan fingerprint density at radius 3 is 2.50 bits per heavy atom. The molecule has 2 heterocycles. The van der Waals surface area contributed by atoms with Crippen molar-refractivity contribution in [3.8, 4) is 11.3 Å². The first-order valence-corrected chi connectivity index (χ1v) is 8.69. The van der Waals surface area contributed by atoms with Crippen LogP contribution in [-0.2, 0) is 23.1 Å². The molecule has 1 aromatic carbocycles. The molecule has 0 atom stereocenters. The van der Waals surface area contributed by atoms with Gasteiger partial charge in [0.25, 0.3) is 10.2 Å². The van der Waals surface area contributed by atoms with Crippen molar-refractivity contribution in [1.29, 1.82) is 0 Å². The van der Waals surface area contributed by atoms with E-state index < -0.39 is 10.2 Å². The van der Waals surface area contributed by atoms with Crippen molar-refractivity contribution in [3.63, 3.8) is 0 Å². The number of nitrogens with zero attached hydrogens (tertiary/aromatic N) is 3. The summed E-state index contributed by atoms with van der Waals surface area (Å²) in [6, 6.07) is 9.98. The Hall–Kier alpha value is -1.70. The summed E-state index contributed by atoms with van der Waals surface area (Å²) in [5.41, 5.74) is 4.15. The second kappa shape index (κ2) is 5.83. The van der Waals surface area contributed by atoms with Crippen LogP contribution in [0.4, 0.5) is 0 Å². The van der Waals surface area contributed by atoms with E-state index in [1.54, 1.807) is 14.1 Å². The van der Waals surface area contributed by atoms with Gasteiger partial charge in [-0.3, -0.25) is 5.10 Å². The van der Waals surface area contributed by atoms with Crippen LogP contribution < -0.4 is 0 Å². The van der Waals surface area contributed by atoms with E-state index in [2.05, 4.69) is 10.2 Å². The van der Waals surface area contributed by atoms with Crippen molar-refractivity contribution in [1.82, 2.24) is 18.8 Å². The molecule has 0 radical (unpaired) electrons. The van der Waals surface area contributed by atoms with Gasteiger partial charge in [0.1, 0.15) is 0 Å². The Morgan fingerprint density at radius 2 is 1.82 bits per heavy atom. The molecule has 1 aromatic heterocycles. The first kappa shape index (κ1) is 15.2.